The summed E-state index contributed by atoms with van der Waals surface area (Å²) in [5, 5.41) is 15.8. The average molecular weight is 298 g/mol. The fourth-order valence-electron chi connectivity index (χ4n) is 1.54. The Morgan fingerprint density at radius 3 is 2.55 bits per heavy atom. The lowest BCUT2D eigenvalue weighted by molar-refractivity contribution is -0.143. The molecule has 3 N–H and O–H groups in total. The van der Waals surface area contributed by atoms with Crippen LogP contribution in [-0.2, 0) is 9.59 Å². The van der Waals surface area contributed by atoms with Crippen molar-refractivity contribution < 1.29 is 19.5 Å². The number of carboxylic acids is 1. The van der Waals surface area contributed by atoms with Gasteiger partial charge in [0.15, 0.2) is 0 Å². The molecule has 110 valence electrons. The Bertz CT molecular complexity index is 471. The maximum Gasteiger partial charge on any atom is 0.326 e. The van der Waals surface area contributed by atoms with E-state index in [1.165, 1.54) is 11.3 Å². The molecule has 0 fully saturated rings. The highest BCUT2D eigenvalue weighted by atomic mass is 32.1. The normalized spacial score (nSPS) is 11.9. The molecular weight excluding hydrogens is 280 g/mol. The zero-order valence-corrected chi connectivity index (χ0v) is 12.2. The van der Waals surface area contributed by atoms with Gasteiger partial charge < -0.3 is 15.7 Å². The highest BCUT2D eigenvalue weighted by Crippen LogP contribution is 2.07. The van der Waals surface area contributed by atoms with Crippen LogP contribution in [0.3, 0.4) is 0 Å². The van der Waals surface area contributed by atoms with Crippen LogP contribution in [0.2, 0.25) is 0 Å². The lowest BCUT2D eigenvalue weighted by atomic mass is 10.0. The molecule has 1 rings (SSSR count). The number of carboxylic acid groups (broad SMARTS) is 1. The van der Waals surface area contributed by atoms with Crippen LogP contribution in [-0.4, -0.2) is 35.5 Å². The number of carbonyl (C=O) groups is 3. The van der Waals surface area contributed by atoms with Gasteiger partial charge in [-0.15, -0.1) is 11.3 Å². The van der Waals surface area contributed by atoms with Crippen molar-refractivity contribution in [2.75, 3.05) is 6.54 Å². The molecule has 0 saturated carbocycles. The Morgan fingerprint density at radius 1 is 1.35 bits per heavy atom. The van der Waals surface area contributed by atoms with Gasteiger partial charge in [-0.05, 0) is 17.4 Å². The van der Waals surface area contributed by atoms with Crippen molar-refractivity contribution in [2.45, 2.75) is 26.3 Å². The molecule has 20 heavy (non-hydrogen) atoms. The fourth-order valence-corrected chi connectivity index (χ4v) is 2.18. The second kappa shape index (κ2) is 7.64. The molecule has 0 bridgehead atoms. The predicted molar refractivity (Wildman–Crippen MR) is 75.7 cm³/mol. The van der Waals surface area contributed by atoms with Gasteiger partial charge >= 0.3 is 5.97 Å². The van der Waals surface area contributed by atoms with Crippen molar-refractivity contribution in [1.29, 1.82) is 0 Å². The molecule has 1 aromatic rings. The van der Waals surface area contributed by atoms with Crippen LogP contribution in [0, 0.1) is 5.92 Å². The molecule has 2 amide bonds. The molecule has 7 heteroatoms. The van der Waals surface area contributed by atoms with Gasteiger partial charge in [-0.3, -0.25) is 9.59 Å². The first-order chi connectivity index (χ1) is 9.41. The SMILES string of the molecule is CC(C)C(NC(=O)CCNC(=O)c1cccs1)C(=O)O. The van der Waals surface area contributed by atoms with Crippen LogP contribution in [0.25, 0.3) is 0 Å². The van der Waals surface area contributed by atoms with E-state index in [2.05, 4.69) is 10.6 Å². The topological polar surface area (TPSA) is 95.5 Å². The summed E-state index contributed by atoms with van der Waals surface area (Å²) < 4.78 is 0. The molecule has 0 aliphatic heterocycles. The van der Waals surface area contributed by atoms with Gasteiger partial charge in [-0.25, -0.2) is 4.79 Å². The van der Waals surface area contributed by atoms with Crippen molar-refractivity contribution in [1.82, 2.24) is 10.6 Å². The Kier molecular flexibility index (Phi) is 6.17. The molecule has 6 nitrogen and oxygen atoms in total. The smallest absolute Gasteiger partial charge is 0.326 e. The molecule has 0 saturated heterocycles. The molecular formula is C13H18N2O4S. The maximum absolute atomic E-state index is 11.6. The van der Waals surface area contributed by atoms with Crippen molar-refractivity contribution in [2.24, 2.45) is 5.92 Å². The molecule has 1 aromatic heterocycles. The third kappa shape index (κ3) is 5.00. The number of carbonyl (C=O) groups excluding carboxylic acids is 2. The van der Waals surface area contributed by atoms with E-state index in [1.54, 1.807) is 31.4 Å². The van der Waals surface area contributed by atoms with Crippen molar-refractivity contribution in [3.63, 3.8) is 0 Å². The van der Waals surface area contributed by atoms with E-state index < -0.39 is 17.9 Å². The third-order valence-corrected chi connectivity index (χ3v) is 3.50. The Hall–Kier alpha value is -1.89. The van der Waals surface area contributed by atoms with Gasteiger partial charge in [0.25, 0.3) is 5.91 Å². The van der Waals surface area contributed by atoms with Crippen LogP contribution in [0.15, 0.2) is 17.5 Å². The van der Waals surface area contributed by atoms with Gasteiger partial charge in [-0.1, -0.05) is 19.9 Å². The zero-order chi connectivity index (χ0) is 15.1. The van der Waals surface area contributed by atoms with E-state index in [9.17, 15) is 14.4 Å². The number of amides is 2. The summed E-state index contributed by atoms with van der Waals surface area (Å²) in [4.78, 5) is 34.7. The summed E-state index contributed by atoms with van der Waals surface area (Å²) in [6.07, 6.45) is 0.0492. The Labute approximate surface area is 121 Å². The summed E-state index contributed by atoms with van der Waals surface area (Å²) in [5.74, 6) is -1.88. The van der Waals surface area contributed by atoms with Crippen LogP contribution >= 0.6 is 11.3 Å². The Balaban J connectivity index is 2.33. The van der Waals surface area contributed by atoms with E-state index in [0.29, 0.717) is 4.88 Å². The first kappa shape index (κ1) is 16.2. The van der Waals surface area contributed by atoms with Gasteiger partial charge in [0, 0.05) is 13.0 Å². The summed E-state index contributed by atoms with van der Waals surface area (Å²) >= 11 is 1.32. The Morgan fingerprint density at radius 2 is 2.05 bits per heavy atom. The summed E-state index contributed by atoms with van der Waals surface area (Å²) in [7, 11) is 0. The van der Waals surface area contributed by atoms with Gasteiger partial charge in [-0.2, -0.15) is 0 Å². The van der Waals surface area contributed by atoms with Gasteiger partial charge in [0.2, 0.25) is 5.91 Å². The fraction of sp³-hybridized carbons (Fsp3) is 0.462. The van der Waals surface area contributed by atoms with Gasteiger partial charge in [0.1, 0.15) is 6.04 Å². The summed E-state index contributed by atoms with van der Waals surface area (Å²) in [6.45, 7) is 3.61. The van der Waals surface area contributed by atoms with Crippen molar-refractivity contribution in [3.8, 4) is 0 Å². The number of rotatable bonds is 7. The number of thiophene rings is 1. The van der Waals surface area contributed by atoms with E-state index in [1.807, 2.05) is 0 Å². The van der Waals surface area contributed by atoms with Crippen LogP contribution in [0.5, 0.6) is 0 Å². The van der Waals surface area contributed by atoms with Crippen LogP contribution in [0.4, 0.5) is 0 Å². The monoisotopic (exact) mass is 298 g/mol. The highest BCUT2D eigenvalue weighted by molar-refractivity contribution is 7.12. The second-order valence-corrected chi connectivity index (χ2v) is 5.56. The molecule has 1 unspecified atom stereocenters. The number of hydrogen-bond donors (Lipinski definition) is 3. The third-order valence-electron chi connectivity index (χ3n) is 2.63. The lowest BCUT2D eigenvalue weighted by Gasteiger charge is -2.17. The molecule has 0 radical (unpaired) electrons. The summed E-state index contributed by atoms with van der Waals surface area (Å²) in [5.41, 5.74) is 0. The van der Waals surface area contributed by atoms with E-state index in [4.69, 9.17) is 5.11 Å². The molecule has 0 aromatic carbocycles. The number of hydrogen-bond acceptors (Lipinski definition) is 4. The first-order valence-corrected chi connectivity index (χ1v) is 7.13. The first-order valence-electron chi connectivity index (χ1n) is 6.25. The van der Waals surface area contributed by atoms with Gasteiger partial charge in [0.05, 0.1) is 4.88 Å². The molecule has 1 atom stereocenters. The number of nitrogens with one attached hydrogen (secondary N) is 2. The molecule has 0 aliphatic carbocycles. The highest BCUT2D eigenvalue weighted by Gasteiger charge is 2.23. The molecule has 0 aliphatic rings. The summed E-state index contributed by atoms with van der Waals surface area (Å²) in [6, 6.07) is 2.56. The van der Waals surface area contributed by atoms with E-state index in [0.717, 1.165) is 0 Å². The molecule has 0 spiro atoms. The zero-order valence-electron chi connectivity index (χ0n) is 11.4. The minimum Gasteiger partial charge on any atom is -0.480 e. The van der Waals surface area contributed by atoms with Crippen molar-refractivity contribution >= 4 is 29.1 Å². The quantitative estimate of drug-likeness (QED) is 0.702. The second-order valence-electron chi connectivity index (χ2n) is 4.61. The standard InChI is InChI=1S/C13H18N2O4S/c1-8(2)11(13(18)19)15-10(16)5-6-14-12(17)9-4-3-7-20-9/h3-4,7-8,11H,5-6H2,1-2H3,(H,14,17)(H,15,16)(H,18,19). The van der Waals surface area contributed by atoms with E-state index >= 15 is 0 Å². The molecule has 1 heterocycles. The lowest BCUT2D eigenvalue weighted by Crippen LogP contribution is -2.45. The van der Waals surface area contributed by atoms with E-state index in [-0.39, 0.29) is 24.8 Å². The minimum atomic E-state index is -1.06. The van der Waals surface area contributed by atoms with Crippen molar-refractivity contribution in [3.05, 3.63) is 22.4 Å². The minimum absolute atomic E-state index is 0.0492. The van der Waals surface area contributed by atoms with Crippen LogP contribution in [0.1, 0.15) is 29.9 Å². The average Bonchev–Trinajstić information content (AvgIpc) is 2.88. The largest absolute Gasteiger partial charge is 0.480 e. The predicted octanol–water partition coefficient (Wildman–Crippen LogP) is 1.09. The maximum atomic E-state index is 11.6. The number of aliphatic carboxylic acids is 1. The van der Waals surface area contributed by atoms with Crippen LogP contribution < -0.4 is 10.6 Å².